The molecule has 2 aromatic rings. The molecule has 1 amide bonds. The van der Waals surface area contributed by atoms with E-state index in [1.807, 2.05) is 0 Å². The number of carbonyl (C=O) groups is 3. The van der Waals surface area contributed by atoms with Gasteiger partial charge in [-0.25, -0.2) is 10.2 Å². The van der Waals surface area contributed by atoms with Crippen LogP contribution in [0.4, 0.5) is 25.0 Å². The van der Waals surface area contributed by atoms with Gasteiger partial charge in [-0.3, -0.25) is 24.6 Å². The van der Waals surface area contributed by atoms with Gasteiger partial charge < -0.3 is 14.9 Å². The van der Waals surface area contributed by atoms with Gasteiger partial charge in [-0.05, 0) is 29.8 Å². The van der Waals surface area contributed by atoms with E-state index < -0.39 is 28.5 Å². The number of non-ortho nitro benzene ring substituents is 1. The molecule has 1 fully saturated rings. The van der Waals surface area contributed by atoms with Crippen molar-refractivity contribution in [3.05, 3.63) is 64.2 Å². The molecule has 0 aromatic heterocycles. The molecule has 0 saturated carbocycles. The van der Waals surface area contributed by atoms with Crippen molar-refractivity contribution in [1.82, 2.24) is 10.3 Å². The van der Waals surface area contributed by atoms with Crippen LogP contribution in [0.3, 0.4) is 0 Å². The van der Waals surface area contributed by atoms with Gasteiger partial charge in [-0.1, -0.05) is 17.8 Å². The van der Waals surface area contributed by atoms with Crippen LogP contribution in [-0.2, 0) is 20.9 Å². The summed E-state index contributed by atoms with van der Waals surface area (Å²) in [5.41, 5.74) is 4.50. The summed E-state index contributed by atoms with van der Waals surface area (Å²) in [6.45, 7) is -1.86. The number of likely N-dealkylation sites (tertiary alicyclic amines) is 1. The maximum Gasteiger partial charge on any atom is 0.412 e. The second kappa shape index (κ2) is 11.8. The predicted octanol–water partition coefficient (Wildman–Crippen LogP) is 3.70. The van der Waals surface area contributed by atoms with Crippen molar-refractivity contribution in [1.29, 1.82) is 0 Å². The third-order valence-corrected chi connectivity index (χ3v) is 6.13. The molecule has 36 heavy (non-hydrogen) atoms. The standard InChI is InChI=1S/C22H22F2N4O7S/c1-14(30)36-19-10-22(13-29,26-25-16-3-2-4-18(9-16)35-20(23)24)27(11-19)21(31)34-12-15-5-7-17(8-6-15)28(32)33/h2-9,13,19-20,25-26H,10-12H2,1H3/t19-,22+/m0/s1. The Morgan fingerprint density at radius 1 is 1.31 bits per heavy atom. The van der Waals surface area contributed by atoms with Crippen LogP contribution in [0.15, 0.2) is 48.5 Å². The van der Waals surface area contributed by atoms with E-state index >= 15 is 0 Å². The molecule has 11 nitrogen and oxygen atoms in total. The number of nitrogens with zero attached hydrogens (tertiary/aromatic N) is 2. The number of halogens is 2. The van der Waals surface area contributed by atoms with Crippen molar-refractivity contribution in [3.8, 4) is 5.75 Å². The van der Waals surface area contributed by atoms with E-state index in [-0.39, 0.29) is 41.8 Å². The SMILES string of the molecule is CC(=O)S[C@@H]1CN(C(=O)OCc2ccc([N+](=O)[O-])cc2)[C@](C=O)(NNc2cccc(OC(F)F)c2)C1. The quantitative estimate of drug-likeness (QED) is 0.269. The highest BCUT2D eigenvalue weighted by atomic mass is 32.2. The average Bonchev–Trinajstić information content (AvgIpc) is 3.19. The lowest BCUT2D eigenvalue weighted by Gasteiger charge is -2.34. The molecule has 1 aliphatic heterocycles. The van der Waals surface area contributed by atoms with Gasteiger partial charge in [0.15, 0.2) is 17.1 Å². The molecule has 1 saturated heterocycles. The van der Waals surface area contributed by atoms with Crippen LogP contribution in [0.25, 0.3) is 0 Å². The summed E-state index contributed by atoms with van der Waals surface area (Å²) in [6, 6.07) is 11.0. The highest BCUT2D eigenvalue weighted by Gasteiger charge is 2.50. The Kier molecular flexibility index (Phi) is 8.77. The maximum atomic E-state index is 13.0. The molecular formula is C22H22F2N4O7S. The monoisotopic (exact) mass is 524 g/mol. The fourth-order valence-electron chi connectivity index (χ4n) is 3.57. The number of nitro benzene ring substituents is 1. The summed E-state index contributed by atoms with van der Waals surface area (Å²) in [7, 11) is 0. The molecule has 0 unspecified atom stereocenters. The topological polar surface area (TPSA) is 140 Å². The summed E-state index contributed by atoms with van der Waals surface area (Å²) in [6.07, 6.45) is -0.322. The molecule has 2 aromatic carbocycles. The summed E-state index contributed by atoms with van der Waals surface area (Å²) in [5, 5.41) is 10.2. The maximum absolute atomic E-state index is 13.0. The summed E-state index contributed by atoms with van der Waals surface area (Å²) in [5.74, 6) is -0.118. The first kappa shape index (κ1) is 26.8. The molecule has 192 valence electrons. The number of thioether (sulfide) groups is 1. The number of anilines is 1. The molecule has 2 N–H and O–H groups in total. The second-order valence-corrected chi connectivity index (χ2v) is 9.20. The average molecular weight is 525 g/mol. The van der Waals surface area contributed by atoms with E-state index in [1.165, 1.54) is 55.5 Å². The number of nitrogens with one attached hydrogen (secondary N) is 2. The molecule has 0 radical (unpaired) electrons. The van der Waals surface area contributed by atoms with Gasteiger partial charge in [0.2, 0.25) is 0 Å². The van der Waals surface area contributed by atoms with Crippen molar-refractivity contribution in [3.63, 3.8) is 0 Å². The lowest BCUT2D eigenvalue weighted by Crippen LogP contribution is -2.60. The smallest absolute Gasteiger partial charge is 0.412 e. The molecule has 0 spiro atoms. The number of hydrogen-bond donors (Lipinski definition) is 2. The van der Waals surface area contributed by atoms with Crippen LogP contribution >= 0.6 is 11.8 Å². The minimum atomic E-state index is -3.02. The van der Waals surface area contributed by atoms with Gasteiger partial charge >= 0.3 is 12.7 Å². The summed E-state index contributed by atoms with van der Waals surface area (Å²) in [4.78, 5) is 48.2. The lowest BCUT2D eigenvalue weighted by atomic mass is 10.1. The zero-order chi connectivity index (χ0) is 26.3. The Hall–Kier alpha value is -3.78. The van der Waals surface area contributed by atoms with Gasteiger partial charge in [0.1, 0.15) is 12.4 Å². The summed E-state index contributed by atoms with van der Waals surface area (Å²) < 4.78 is 34.7. The number of hydrogen-bond acceptors (Lipinski definition) is 10. The molecule has 3 rings (SSSR count). The van der Waals surface area contributed by atoms with E-state index in [4.69, 9.17) is 4.74 Å². The number of aldehydes is 1. The number of amides is 1. The van der Waals surface area contributed by atoms with E-state index in [1.54, 1.807) is 0 Å². The number of carbonyl (C=O) groups excluding carboxylic acids is 3. The van der Waals surface area contributed by atoms with Gasteiger partial charge in [0.25, 0.3) is 5.69 Å². The van der Waals surface area contributed by atoms with Gasteiger partial charge in [0.05, 0.1) is 10.6 Å². The molecular weight excluding hydrogens is 502 g/mol. The van der Waals surface area contributed by atoms with E-state index in [9.17, 15) is 33.3 Å². The minimum Gasteiger partial charge on any atom is -0.444 e. The molecule has 1 aliphatic rings. The van der Waals surface area contributed by atoms with Crippen molar-refractivity contribution < 1.29 is 37.6 Å². The Morgan fingerprint density at radius 2 is 2.03 bits per heavy atom. The largest absolute Gasteiger partial charge is 0.444 e. The van der Waals surface area contributed by atoms with Gasteiger partial charge in [-0.2, -0.15) is 8.78 Å². The highest BCUT2D eigenvalue weighted by molar-refractivity contribution is 8.14. The van der Waals surface area contributed by atoms with Crippen LogP contribution in [0.1, 0.15) is 18.9 Å². The Labute approximate surface area is 208 Å². The number of ether oxygens (including phenoxy) is 2. The Bertz CT molecular complexity index is 1120. The van der Waals surface area contributed by atoms with Crippen LogP contribution < -0.4 is 15.6 Å². The molecule has 2 atom stereocenters. The summed E-state index contributed by atoms with van der Waals surface area (Å²) >= 11 is 0.968. The molecule has 1 heterocycles. The van der Waals surface area contributed by atoms with E-state index in [0.717, 1.165) is 16.7 Å². The molecule has 0 bridgehead atoms. The zero-order valence-corrected chi connectivity index (χ0v) is 19.7. The number of rotatable bonds is 10. The predicted molar refractivity (Wildman–Crippen MR) is 125 cm³/mol. The fraction of sp³-hybridized carbons (Fsp3) is 0.318. The van der Waals surface area contributed by atoms with Crippen LogP contribution in [0, 0.1) is 10.1 Å². The number of hydrazine groups is 1. The van der Waals surface area contributed by atoms with Crippen LogP contribution in [0.2, 0.25) is 0 Å². The van der Waals surface area contributed by atoms with Crippen molar-refractivity contribution >= 4 is 40.6 Å². The van der Waals surface area contributed by atoms with Crippen molar-refractivity contribution in [2.24, 2.45) is 0 Å². The minimum absolute atomic E-state index is 0.00525. The highest BCUT2D eigenvalue weighted by Crippen LogP contribution is 2.34. The van der Waals surface area contributed by atoms with Crippen molar-refractivity contribution in [2.75, 3.05) is 12.0 Å². The number of benzene rings is 2. The fourth-order valence-corrected chi connectivity index (χ4v) is 4.60. The van der Waals surface area contributed by atoms with Gasteiger partial charge in [-0.15, -0.1) is 0 Å². The third-order valence-electron chi connectivity index (χ3n) is 5.15. The molecule has 14 heteroatoms. The lowest BCUT2D eigenvalue weighted by molar-refractivity contribution is -0.384. The number of nitro groups is 1. The Balaban J connectivity index is 1.74. The first-order chi connectivity index (χ1) is 17.1. The van der Waals surface area contributed by atoms with E-state index in [2.05, 4.69) is 15.6 Å². The zero-order valence-electron chi connectivity index (χ0n) is 18.9. The van der Waals surface area contributed by atoms with Crippen LogP contribution in [0.5, 0.6) is 5.75 Å². The van der Waals surface area contributed by atoms with E-state index in [0.29, 0.717) is 11.8 Å². The first-order valence-electron chi connectivity index (χ1n) is 10.5. The first-order valence-corrected chi connectivity index (χ1v) is 11.4. The van der Waals surface area contributed by atoms with Crippen LogP contribution in [-0.4, -0.2) is 51.4 Å². The van der Waals surface area contributed by atoms with Gasteiger partial charge in [0, 0.05) is 43.3 Å². The normalized spacial score (nSPS) is 19.1. The number of alkyl halides is 2. The Morgan fingerprint density at radius 3 is 2.64 bits per heavy atom. The molecule has 0 aliphatic carbocycles. The van der Waals surface area contributed by atoms with Crippen molar-refractivity contribution in [2.45, 2.75) is 37.5 Å². The third kappa shape index (κ3) is 6.88. The second-order valence-electron chi connectivity index (χ2n) is 7.72.